The summed E-state index contributed by atoms with van der Waals surface area (Å²) in [5.41, 5.74) is 2.81. The number of aliphatic hydroxyl groups is 4. The molecule has 14 nitrogen and oxygen atoms in total. The number of hydrogen-bond donors (Lipinski definition) is 7. The Balaban J connectivity index is 1.62. The van der Waals surface area contributed by atoms with E-state index in [1.807, 2.05) is 0 Å². The number of likely N-dealkylation sites (N-methyl/N-ethyl adjacent to an activating group) is 1. The second kappa shape index (κ2) is 11.7. The first-order chi connectivity index (χ1) is 21.7. The van der Waals surface area contributed by atoms with Crippen molar-refractivity contribution in [3.63, 3.8) is 0 Å². The Hall–Kier alpha value is -5.05. The van der Waals surface area contributed by atoms with E-state index in [0.717, 1.165) is 7.11 Å². The molecular formula is C32H33N3O11. The van der Waals surface area contributed by atoms with Crippen LogP contribution in [0.3, 0.4) is 0 Å². The van der Waals surface area contributed by atoms with Gasteiger partial charge in [-0.1, -0.05) is 18.2 Å². The van der Waals surface area contributed by atoms with Crippen LogP contribution in [-0.4, -0.2) is 105 Å². The Morgan fingerprint density at radius 1 is 1.13 bits per heavy atom. The molecule has 46 heavy (non-hydrogen) atoms. The van der Waals surface area contributed by atoms with Gasteiger partial charge in [0.1, 0.15) is 22.8 Å². The number of phenols is 1. The van der Waals surface area contributed by atoms with Crippen molar-refractivity contribution < 1.29 is 54.2 Å². The zero-order valence-corrected chi connectivity index (χ0v) is 25.1. The number of benzene rings is 2. The SMILES string of the molecule is COC(=O)C(CO)NC(=O)c1cccc(-c2ccc(O)c3c2C[C@H]2C[C@H]4[C@H](N(C)C)C(=O)C(C(N)=O)=C(O)[C@@]4(O)C(=O)C2=C3O)c1. The van der Waals surface area contributed by atoms with Crippen molar-refractivity contribution in [3.8, 4) is 16.9 Å². The number of nitrogens with two attached hydrogens (primary N) is 1. The lowest BCUT2D eigenvalue weighted by Gasteiger charge is -2.50. The van der Waals surface area contributed by atoms with Crippen LogP contribution in [0.4, 0.5) is 0 Å². The van der Waals surface area contributed by atoms with Gasteiger partial charge in [0, 0.05) is 17.1 Å². The van der Waals surface area contributed by atoms with Gasteiger partial charge in [0.2, 0.25) is 5.78 Å². The topological polar surface area (TPSA) is 237 Å². The van der Waals surface area contributed by atoms with Crippen molar-refractivity contribution in [1.82, 2.24) is 10.2 Å². The monoisotopic (exact) mass is 635 g/mol. The van der Waals surface area contributed by atoms with E-state index in [0.29, 0.717) is 16.7 Å². The second-order valence-corrected chi connectivity index (χ2v) is 11.8. The first-order valence-electron chi connectivity index (χ1n) is 14.3. The first kappa shape index (κ1) is 32.3. The maximum Gasteiger partial charge on any atom is 0.330 e. The van der Waals surface area contributed by atoms with Crippen LogP contribution < -0.4 is 11.1 Å². The molecule has 3 aliphatic rings. The molecule has 0 heterocycles. The number of primary amides is 1. The quantitative estimate of drug-likeness (QED) is 0.156. The highest BCUT2D eigenvalue weighted by atomic mass is 16.5. The Morgan fingerprint density at radius 3 is 2.43 bits per heavy atom. The first-order valence-corrected chi connectivity index (χ1v) is 14.3. The molecule has 2 aromatic carbocycles. The summed E-state index contributed by atoms with van der Waals surface area (Å²) in [5, 5.41) is 57.0. The van der Waals surface area contributed by atoms with Crippen LogP contribution in [0.25, 0.3) is 16.9 Å². The third-order valence-electron chi connectivity index (χ3n) is 9.01. The van der Waals surface area contributed by atoms with Gasteiger partial charge >= 0.3 is 5.97 Å². The number of rotatable bonds is 7. The minimum absolute atomic E-state index is 0.0453. The maximum absolute atomic E-state index is 14.0. The molecule has 1 fully saturated rings. The lowest BCUT2D eigenvalue weighted by Crippen LogP contribution is -2.65. The summed E-state index contributed by atoms with van der Waals surface area (Å²) in [5.74, 6) is -9.04. The van der Waals surface area contributed by atoms with E-state index >= 15 is 0 Å². The third-order valence-corrected chi connectivity index (χ3v) is 9.01. The van der Waals surface area contributed by atoms with Crippen LogP contribution in [0.1, 0.15) is 27.9 Å². The Labute approximate surface area is 262 Å². The molecule has 2 aromatic rings. The number of nitrogens with zero attached hydrogens (tertiary/aromatic N) is 1. The van der Waals surface area contributed by atoms with E-state index in [-0.39, 0.29) is 35.3 Å². The fourth-order valence-electron chi connectivity index (χ4n) is 6.91. The zero-order chi connectivity index (χ0) is 33.8. The molecule has 3 aliphatic carbocycles. The van der Waals surface area contributed by atoms with Gasteiger partial charge in [-0.15, -0.1) is 0 Å². The normalized spacial score (nSPS) is 24.6. The largest absolute Gasteiger partial charge is 0.508 e. The van der Waals surface area contributed by atoms with Crippen molar-refractivity contribution in [3.05, 3.63) is 70.0 Å². The average Bonchev–Trinajstić information content (AvgIpc) is 3.01. The standard InChI is InChI=1S/C32H33N3O11/c1-35(2)24-18-11-15-10-17-16(13-5-4-6-14(9-13)30(43)34-19(12-36)31(44)46-3)7-8-20(37)22(17)25(38)21(15)27(40)32(18,45)28(41)23(26(24)39)29(33)42/h4-9,15,18-19,24,36-38,41,45H,10-12H2,1-3H3,(H2,33,42)(H,34,43)/t15-,18-,19?,24-,32-/m0/s1. The van der Waals surface area contributed by atoms with Crippen molar-refractivity contribution in [2.45, 2.75) is 30.5 Å². The number of carbonyl (C=O) groups is 5. The van der Waals surface area contributed by atoms with Crippen molar-refractivity contribution in [1.29, 1.82) is 0 Å². The van der Waals surface area contributed by atoms with E-state index in [1.165, 1.54) is 37.2 Å². The predicted molar refractivity (Wildman–Crippen MR) is 160 cm³/mol. The number of aliphatic hydroxyl groups excluding tert-OH is 3. The lowest BCUT2D eigenvalue weighted by atomic mass is 9.57. The molecule has 242 valence electrons. The van der Waals surface area contributed by atoms with Crippen LogP contribution in [0.15, 0.2) is 53.3 Å². The molecule has 0 aromatic heterocycles. The summed E-state index contributed by atoms with van der Waals surface area (Å²) in [4.78, 5) is 65.7. The predicted octanol–water partition coefficient (Wildman–Crippen LogP) is -0.105. The fraction of sp³-hybridized carbons (Fsp3) is 0.344. The second-order valence-electron chi connectivity index (χ2n) is 11.8. The van der Waals surface area contributed by atoms with Gasteiger partial charge in [-0.3, -0.25) is 24.1 Å². The molecule has 0 radical (unpaired) electrons. The number of esters is 1. The summed E-state index contributed by atoms with van der Waals surface area (Å²) in [6.07, 6.45) is -0.0387. The third kappa shape index (κ3) is 4.81. The van der Waals surface area contributed by atoms with E-state index < -0.39 is 82.6 Å². The maximum atomic E-state index is 14.0. The Kier molecular flexibility index (Phi) is 8.23. The van der Waals surface area contributed by atoms with E-state index in [4.69, 9.17) is 5.73 Å². The number of Topliss-reactive ketones (excluding diaryl/α,β-unsaturated/α-hetero) is 2. The molecule has 0 aliphatic heterocycles. The van der Waals surface area contributed by atoms with Gasteiger partial charge in [0.25, 0.3) is 11.8 Å². The highest BCUT2D eigenvalue weighted by Crippen LogP contribution is 2.53. The van der Waals surface area contributed by atoms with Gasteiger partial charge in [-0.25, -0.2) is 4.79 Å². The summed E-state index contributed by atoms with van der Waals surface area (Å²) in [6.45, 7) is -0.689. The molecule has 0 saturated heterocycles. The summed E-state index contributed by atoms with van der Waals surface area (Å²) in [6, 6.07) is 6.57. The van der Waals surface area contributed by atoms with Crippen LogP contribution in [-0.2, 0) is 30.3 Å². The molecule has 1 unspecified atom stereocenters. The van der Waals surface area contributed by atoms with Crippen LogP contribution in [0, 0.1) is 11.8 Å². The molecule has 5 atom stereocenters. The number of ketones is 2. The molecule has 14 heteroatoms. The van der Waals surface area contributed by atoms with Gasteiger partial charge in [0.15, 0.2) is 17.4 Å². The molecule has 8 N–H and O–H groups in total. The minimum Gasteiger partial charge on any atom is -0.508 e. The molecule has 1 saturated carbocycles. The number of fused-ring (bicyclic) bond motifs is 3. The molecule has 0 bridgehead atoms. The Bertz CT molecular complexity index is 1760. The Morgan fingerprint density at radius 2 is 1.83 bits per heavy atom. The van der Waals surface area contributed by atoms with Gasteiger partial charge < -0.3 is 41.3 Å². The number of phenolic OH excluding ortho intramolecular Hbond substituents is 1. The number of aromatic hydroxyl groups is 1. The number of nitrogens with one attached hydrogen (secondary N) is 1. The fourth-order valence-corrected chi connectivity index (χ4v) is 6.91. The molecular weight excluding hydrogens is 602 g/mol. The number of carbonyl (C=O) groups excluding carboxylic acids is 5. The highest BCUT2D eigenvalue weighted by Gasteiger charge is 2.64. The lowest BCUT2D eigenvalue weighted by molar-refractivity contribution is -0.153. The summed E-state index contributed by atoms with van der Waals surface area (Å²) >= 11 is 0. The number of hydrogen-bond acceptors (Lipinski definition) is 12. The number of amides is 2. The smallest absolute Gasteiger partial charge is 0.330 e. The van der Waals surface area contributed by atoms with Crippen molar-refractivity contribution in [2.75, 3.05) is 27.8 Å². The van der Waals surface area contributed by atoms with E-state index in [9.17, 15) is 49.5 Å². The van der Waals surface area contributed by atoms with Crippen LogP contribution >= 0.6 is 0 Å². The van der Waals surface area contributed by atoms with Crippen LogP contribution in [0.2, 0.25) is 0 Å². The number of methoxy groups -OCH3 is 1. The van der Waals surface area contributed by atoms with Gasteiger partial charge in [-0.05, 0) is 67.7 Å². The number of ether oxygens (including phenoxy) is 1. The van der Waals surface area contributed by atoms with E-state index in [1.54, 1.807) is 18.2 Å². The average molecular weight is 636 g/mol. The van der Waals surface area contributed by atoms with Crippen molar-refractivity contribution in [2.24, 2.45) is 17.6 Å². The molecule has 2 amide bonds. The molecule has 5 rings (SSSR count). The summed E-state index contributed by atoms with van der Waals surface area (Å²) in [7, 11) is 4.15. The van der Waals surface area contributed by atoms with Crippen molar-refractivity contribution >= 4 is 35.1 Å². The van der Waals surface area contributed by atoms with Crippen LogP contribution in [0.5, 0.6) is 5.75 Å². The van der Waals surface area contributed by atoms with E-state index in [2.05, 4.69) is 10.1 Å². The minimum atomic E-state index is -2.75. The molecule has 0 spiro atoms. The van der Waals surface area contributed by atoms with Gasteiger partial charge in [-0.2, -0.15) is 0 Å². The van der Waals surface area contributed by atoms with Gasteiger partial charge in [0.05, 0.1) is 25.3 Å². The summed E-state index contributed by atoms with van der Waals surface area (Å²) < 4.78 is 4.59. The highest BCUT2D eigenvalue weighted by molar-refractivity contribution is 6.24. The zero-order valence-electron chi connectivity index (χ0n) is 25.1.